The fourth-order valence-electron chi connectivity index (χ4n) is 4.10. The Morgan fingerprint density at radius 3 is 2.46 bits per heavy atom. The molecule has 1 saturated heterocycles. The second kappa shape index (κ2) is 10.3. The molecule has 4 rings (SSSR count). The van der Waals surface area contributed by atoms with Gasteiger partial charge in [0.25, 0.3) is 11.7 Å². The number of Topliss-reactive ketones (excluding diaryl/α,β-unsaturated/α-hetero) is 1. The summed E-state index contributed by atoms with van der Waals surface area (Å²) in [6, 6.07) is 14.0. The lowest BCUT2D eigenvalue weighted by atomic mass is 9.94. The van der Waals surface area contributed by atoms with Gasteiger partial charge in [-0.2, -0.15) is 0 Å². The van der Waals surface area contributed by atoms with E-state index in [1.54, 1.807) is 67.8 Å². The van der Waals surface area contributed by atoms with E-state index in [0.29, 0.717) is 30.1 Å². The predicted octanol–water partition coefficient (Wildman–Crippen LogP) is 4.21. The number of carbonyl (C=O) groups is 2. The first-order chi connectivity index (χ1) is 16.9. The molecule has 1 fully saturated rings. The average Bonchev–Trinajstić information content (AvgIpc) is 3.11. The first kappa shape index (κ1) is 23.8. The van der Waals surface area contributed by atoms with Crippen LogP contribution in [0.3, 0.4) is 0 Å². The Morgan fingerprint density at radius 1 is 1.00 bits per heavy atom. The van der Waals surface area contributed by atoms with Crippen molar-refractivity contribution >= 4 is 17.4 Å². The van der Waals surface area contributed by atoms with Crippen LogP contribution >= 0.6 is 0 Å². The van der Waals surface area contributed by atoms with Gasteiger partial charge in [0, 0.05) is 24.5 Å². The largest absolute Gasteiger partial charge is 0.507 e. The zero-order chi connectivity index (χ0) is 24.9. The van der Waals surface area contributed by atoms with Crippen LogP contribution < -0.4 is 9.47 Å². The van der Waals surface area contributed by atoms with E-state index >= 15 is 0 Å². The fourth-order valence-corrected chi connectivity index (χ4v) is 4.10. The van der Waals surface area contributed by atoms with E-state index in [4.69, 9.17) is 9.47 Å². The number of ketones is 1. The van der Waals surface area contributed by atoms with E-state index < -0.39 is 17.7 Å². The summed E-state index contributed by atoms with van der Waals surface area (Å²) in [7, 11) is 0. The molecule has 2 N–H and O–H groups in total. The first-order valence-electron chi connectivity index (χ1n) is 11.3. The molecule has 180 valence electrons. The molecule has 0 saturated carbocycles. The van der Waals surface area contributed by atoms with Gasteiger partial charge in [0.1, 0.15) is 11.5 Å². The van der Waals surface area contributed by atoms with Gasteiger partial charge in [-0.15, -0.1) is 0 Å². The van der Waals surface area contributed by atoms with Gasteiger partial charge in [-0.1, -0.05) is 18.2 Å². The lowest BCUT2D eigenvalue weighted by Gasteiger charge is -2.26. The number of aliphatic hydroxyl groups excluding tert-OH is 1. The summed E-state index contributed by atoms with van der Waals surface area (Å²) < 4.78 is 11.1. The van der Waals surface area contributed by atoms with Crippen molar-refractivity contribution < 1.29 is 29.3 Å². The zero-order valence-electron chi connectivity index (χ0n) is 19.5. The Balaban J connectivity index is 1.87. The maximum Gasteiger partial charge on any atom is 0.295 e. The van der Waals surface area contributed by atoms with Crippen LogP contribution in [0.4, 0.5) is 0 Å². The number of nitrogens with zero attached hydrogens (tertiary/aromatic N) is 2. The molecule has 8 nitrogen and oxygen atoms in total. The van der Waals surface area contributed by atoms with Gasteiger partial charge in [0.2, 0.25) is 0 Å². The van der Waals surface area contributed by atoms with Gasteiger partial charge in [0.15, 0.2) is 11.5 Å². The van der Waals surface area contributed by atoms with Crippen LogP contribution in [0.5, 0.6) is 17.2 Å². The quantitative estimate of drug-likeness (QED) is 0.286. The summed E-state index contributed by atoms with van der Waals surface area (Å²) in [6.07, 6.45) is 3.21. The van der Waals surface area contributed by atoms with Crippen LogP contribution in [0.15, 0.2) is 72.6 Å². The van der Waals surface area contributed by atoms with E-state index in [-0.39, 0.29) is 29.4 Å². The minimum absolute atomic E-state index is 0.0501. The molecule has 3 aromatic rings. The Bertz CT molecular complexity index is 1270. The third-order valence-corrected chi connectivity index (χ3v) is 5.66. The van der Waals surface area contributed by atoms with E-state index in [1.165, 1.54) is 11.0 Å². The predicted molar refractivity (Wildman–Crippen MR) is 129 cm³/mol. The smallest absolute Gasteiger partial charge is 0.295 e. The van der Waals surface area contributed by atoms with Crippen LogP contribution in [0, 0.1) is 0 Å². The van der Waals surface area contributed by atoms with Crippen LogP contribution in [0.1, 0.15) is 36.6 Å². The fraction of sp³-hybridized carbons (Fsp3) is 0.222. The van der Waals surface area contributed by atoms with E-state index in [1.807, 2.05) is 6.92 Å². The van der Waals surface area contributed by atoms with Crippen LogP contribution in [-0.2, 0) is 16.1 Å². The summed E-state index contributed by atoms with van der Waals surface area (Å²) in [6.45, 7) is 4.51. The van der Waals surface area contributed by atoms with Crippen LogP contribution in [0.25, 0.3) is 5.76 Å². The van der Waals surface area contributed by atoms with Crippen molar-refractivity contribution in [2.75, 3.05) is 13.2 Å². The molecule has 2 heterocycles. The molecule has 2 aromatic carbocycles. The molecule has 8 heteroatoms. The highest BCUT2D eigenvalue weighted by Gasteiger charge is 2.46. The Labute approximate surface area is 203 Å². The molecule has 1 aromatic heterocycles. The number of rotatable bonds is 8. The van der Waals surface area contributed by atoms with Crippen molar-refractivity contribution in [3.8, 4) is 17.2 Å². The normalized spacial score (nSPS) is 17.0. The summed E-state index contributed by atoms with van der Waals surface area (Å²) in [5.74, 6) is -1.15. The Hall–Kier alpha value is -4.33. The highest BCUT2D eigenvalue weighted by atomic mass is 16.5. The molecular formula is C27H26N2O6. The molecular weight excluding hydrogens is 448 g/mol. The summed E-state index contributed by atoms with van der Waals surface area (Å²) in [5, 5.41) is 21.5. The van der Waals surface area contributed by atoms with Crippen molar-refractivity contribution in [2.24, 2.45) is 0 Å². The molecule has 35 heavy (non-hydrogen) atoms. The van der Waals surface area contributed by atoms with Gasteiger partial charge < -0.3 is 24.6 Å². The van der Waals surface area contributed by atoms with Crippen molar-refractivity contribution in [3.63, 3.8) is 0 Å². The minimum Gasteiger partial charge on any atom is -0.507 e. The molecule has 1 aliphatic heterocycles. The van der Waals surface area contributed by atoms with Crippen molar-refractivity contribution in [1.29, 1.82) is 0 Å². The number of likely N-dealkylation sites (tertiary alicyclic amines) is 1. The van der Waals surface area contributed by atoms with Crippen molar-refractivity contribution in [1.82, 2.24) is 9.88 Å². The number of benzene rings is 2. The second-order valence-electron chi connectivity index (χ2n) is 7.90. The third-order valence-electron chi connectivity index (χ3n) is 5.66. The van der Waals surface area contributed by atoms with Crippen molar-refractivity contribution in [3.05, 3.63) is 89.3 Å². The second-order valence-corrected chi connectivity index (χ2v) is 7.90. The van der Waals surface area contributed by atoms with Gasteiger partial charge in [-0.05, 0) is 61.4 Å². The molecule has 1 amide bonds. The number of aromatic nitrogens is 1. The molecule has 0 bridgehead atoms. The Kier molecular flexibility index (Phi) is 7.01. The average molecular weight is 475 g/mol. The summed E-state index contributed by atoms with van der Waals surface area (Å²) in [4.78, 5) is 31.9. The number of aromatic hydroxyl groups is 1. The molecule has 0 aliphatic carbocycles. The monoisotopic (exact) mass is 474 g/mol. The lowest BCUT2D eigenvalue weighted by Crippen LogP contribution is -2.29. The topological polar surface area (TPSA) is 109 Å². The number of pyridine rings is 1. The lowest BCUT2D eigenvalue weighted by molar-refractivity contribution is -0.140. The molecule has 1 unspecified atom stereocenters. The number of phenolic OH excluding ortho intramolecular Hbond substituents is 1. The number of amides is 1. The van der Waals surface area contributed by atoms with Crippen molar-refractivity contribution in [2.45, 2.75) is 26.4 Å². The zero-order valence-corrected chi connectivity index (χ0v) is 19.5. The van der Waals surface area contributed by atoms with Crippen LogP contribution in [-0.4, -0.2) is 45.0 Å². The number of phenols is 1. The first-order valence-corrected chi connectivity index (χ1v) is 11.3. The van der Waals surface area contributed by atoms with Gasteiger partial charge in [0.05, 0.1) is 24.8 Å². The number of aliphatic hydroxyl groups is 1. The number of hydrogen-bond donors (Lipinski definition) is 2. The summed E-state index contributed by atoms with van der Waals surface area (Å²) >= 11 is 0. The SMILES string of the molecule is CCOc1cccc(/C(O)=C2\C(=O)C(=O)N(Cc3ccncc3)C2c2ccc(O)c(OCC)c2)c1. The van der Waals surface area contributed by atoms with Gasteiger partial charge in [-0.25, -0.2) is 0 Å². The van der Waals surface area contributed by atoms with Crippen LogP contribution in [0.2, 0.25) is 0 Å². The van der Waals surface area contributed by atoms with E-state index in [0.717, 1.165) is 5.56 Å². The maximum atomic E-state index is 13.3. The van der Waals surface area contributed by atoms with E-state index in [2.05, 4.69) is 4.98 Å². The molecule has 0 spiro atoms. The van der Waals surface area contributed by atoms with Gasteiger partial charge in [-0.3, -0.25) is 14.6 Å². The number of carbonyl (C=O) groups excluding carboxylic acids is 2. The molecule has 1 aliphatic rings. The Morgan fingerprint density at radius 2 is 1.74 bits per heavy atom. The maximum absolute atomic E-state index is 13.3. The minimum atomic E-state index is -0.904. The summed E-state index contributed by atoms with van der Waals surface area (Å²) in [5.41, 5.74) is 1.59. The third kappa shape index (κ3) is 4.82. The highest BCUT2D eigenvalue weighted by Crippen LogP contribution is 2.42. The van der Waals surface area contributed by atoms with Gasteiger partial charge >= 0.3 is 0 Å². The molecule has 0 radical (unpaired) electrons. The number of ether oxygens (including phenoxy) is 2. The van der Waals surface area contributed by atoms with E-state index in [9.17, 15) is 19.8 Å². The molecule has 1 atom stereocenters. The highest BCUT2D eigenvalue weighted by molar-refractivity contribution is 6.46. The number of hydrogen-bond acceptors (Lipinski definition) is 7. The standard InChI is InChI=1S/C27H26N2O6/c1-3-34-20-7-5-6-19(14-20)25(31)23-24(18-8-9-21(30)22(15-18)35-4-2)29(27(33)26(23)32)16-17-10-12-28-13-11-17/h5-15,24,30-31H,3-4,16H2,1-2H3/b25-23+.